The first-order valence-electron chi connectivity index (χ1n) is 10.2. The Morgan fingerprint density at radius 1 is 0.929 bits per heavy atom. The van der Waals surface area contributed by atoms with Crippen LogP contribution in [0.1, 0.15) is 37.0 Å². The summed E-state index contributed by atoms with van der Waals surface area (Å²) in [6.45, 7) is 6.50. The molecule has 0 spiro atoms. The van der Waals surface area contributed by atoms with Crippen LogP contribution in [0, 0.1) is 5.92 Å². The molecule has 3 atom stereocenters. The van der Waals surface area contributed by atoms with E-state index in [0.717, 1.165) is 29.2 Å². The van der Waals surface area contributed by atoms with Crippen molar-refractivity contribution in [1.82, 2.24) is 9.80 Å². The average molecular weight is 380 g/mol. The van der Waals surface area contributed by atoms with Crippen molar-refractivity contribution in [3.63, 3.8) is 0 Å². The summed E-state index contributed by atoms with van der Waals surface area (Å²) in [5.74, 6) is 0.0700. The first kappa shape index (κ1) is 18.9. The number of ether oxygens (including phenoxy) is 1. The Kier molecular flexibility index (Phi) is 5.36. The molecule has 3 unspecified atom stereocenters. The molecule has 2 aliphatic heterocycles. The van der Waals surface area contributed by atoms with E-state index >= 15 is 0 Å². The monoisotopic (exact) mass is 380 g/mol. The minimum Gasteiger partial charge on any atom is -0.372 e. The molecular weight excluding hydrogens is 352 g/mol. The first-order valence-corrected chi connectivity index (χ1v) is 10.2. The number of rotatable bonds is 2. The Morgan fingerprint density at radius 3 is 2.43 bits per heavy atom. The first-order chi connectivity index (χ1) is 13.5. The van der Waals surface area contributed by atoms with Gasteiger partial charge in [-0.15, -0.1) is 0 Å². The Labute approximate surface area is 166 Å². The van der Waals surface area contributed by atoms with Gasteiger partial charge in [0.05, 0.1) is 18.1 Å². The van der Waals surface area contributed by atoms with Gasteiger partial charge in [0.15, 0.2) is 0 Å². The number of fused-ring (bicyclic) bond motifs is 1. The zero-order chi connectivity index (χ0) is 19.7. The molecule has 2 aliphatic rings. The zero-order valence-corrected chi connectivity index (χ0v) is 16.6. The van der Waals surface area contributed by atoms with Gasteiger partial charge < -0.3 is 14.5 Å². The molecule has 4 rings (SSSR count). The Balaban J connectivity index is 1.50. The molecule has 0 aliphatic carbocycles. The van der Waals surface area contributed by atoms with Crippen LogP contribution in [0.3, 0.4) is 0 Å². The van der Waals surface area contributed by atoms with Crippen LogP contribution in [0.25, 0.3) is 10.8 Å². The molecule has 2 aromatic carbocycles. The second kappa shape index (κ2) is 7.92. The average Bonchev–Trinajstić information content (AvgIpc) is 2.71. The number of likely N-dealkylation sites (tertiary alicyclic amines) is 1. The van der Waals surface area contributed by atoms with Crippen molar-refractivity contribution >= 4 is 22.6 Å². The predicted molar refractivity (Wildman–Crippen MR) is 109 cm³/mol. The molecule has 0 radical (unpaired) electrons. The summed E-state index contributed by atoms with van der Waals surface area (Å²) in [7, 11) is 0. The maximum atomic E-state index is 13.2. The highest BCUT2D eigenvalue weighted by Gasteiger charge is 2.34. The lowest BCUT2D eigenvalue weighted by atomic mass is 9.94. The maximum absolute atomic E-state index is 13.2. The molecule has 148 valence electrons. The van der Waals surface area contributed by atoms with Crippen LogP contribution in [0.15, 0.2) is 42.5 Å². The van der Waals surface area contributed by atoms with Gasteiger partial charge in [0.1, 0.15) is 0 Å². The maximum Gasteiger partial charge on any atom is 0.254 e. The van der Waals surface area contributed by atoms with Crippen molar-refractivity contribution in [2.24, 2.45) is 5.92 Å². The minimum absolute atomic E-state index is 0.0259. The summed E-state index contributed by atoms with van der Waals surface area (Å²) < 4.78 is 5.75. The molecule has 0 aromatic heterocycles. The largest absolute Gasteiger partial charge is 0.372 e. The highest BCUT2D eigenvalue weighted by atomic mass is 16.5. The summed E-state index contributed by atoms with van der Waals surface area (Å²) in [4.78, 5) is 30.1. The lowest BCUT2D eigenvalue weighted by molar-refractivity contribution is -0.148. The van der Waals surface area contributed by atoms with Gasteiger partial charge in [-0.3, -0.25) is 9.59 Å². The van der Waals surface area contributed by atoms with Crippen LogP contribution in [0.2, 0.25) is 0 Å². The van der Waals surface area contributed by atoms with E-state index in [9.17, 15) is 9.59 Å². The van der Waals surface area contributed by atoms with Crippen LogP contribution in [-0.2, 0) is 9.53 Å². The third-order valence-electron chi connectivity index (χ3n) is 5.81. The predicted octanol–water partition coefficient (Wildman–Crippen LogP) is 3.33. The van der Waals surface area contributed by atoms with Gasteiger partial charge in [0, 0.05) is 31.7 Å². The molecule has 28 heavy (non-hydrogen) atoms. The summed E-state index contributed by atoms with van der Waals surface area (Å²) in [6, 6.07) is 13.8. The Morgan fingerprint density at radius 2 is 1.64 bits per heavy atom. The quantitative estimate of drug-likeness (QED) is 0.803. The number of benzene rings is 2. The second-order valence-electron chi connectivity index (χ2n) is 8.12. The number of hydrogen-bond donors (Lipinski definition) is 0. The van der Waals surface area contributed by atoms with Gasteiger partial charge in [0.25, 0.3) is 5.91 Å². The van der Waals surface area contributed by atoms with E-state index in [1.165, 1.54) is 0 Å². The molecule has 5 heteroatoms. The van der Waals surface area contributed by atoms with E-state index in [4.69, 9.17) is 4.74 Å². The van der Waals surface area contributed by atoms with Crippen molar-refractivity contribution in [3.8, 4) is 0 Å². The summed E-state index contributed by atoms with van der Waals surface area (Å²) in [6.07, 6.45) is 1.83. The molecule has 5 nitrogen and oxygen atoms in total. The smallest absolute Gasteiger partial charge is 0.254 e. The van der Waals surface area contributed by atoms with E-state index in [2.05, 4.69) is 0 Å². The number of amides is 2. The van der Waals surface area contributed by atoms with E-state index in [1.54, 1.807) is 0 Å². The SMILES string of the molecule is CC1CN(C(=O)C2CCCN(C(=O)c3cccc4ccccc34)C2)CC(C)O1. The number of morpholine rings is 1. The van der Waals surface area contributed by atoms with Gasteiger partial charge in [0.2, 0.25) is 5.91 Å². The Hall–Kier alpha value is -2.40. The molecule has 2 fully saturated rings. The van der Waals surface area contributed by atoms with E-state index < -0.39 is 0 Å². The van der Waals surface area contributed by atoms with Crippen LogP contribution < -0.4 is 0 Å². The van der Waals surface area contributed by atoms with Crippen molar-refractivity contribution in [1.29, 1.82) is 0 Å². The minimum atomic E-state index is -0.120. The van der Waals surface area contributed by atoms with Gasteiger partial charge in [-0.1, -0.05) is 36.4 Å². The van der Waals surface area contributed by atoms with Crippen molar-refractivity contribution in [2.45, 2.75) is 38.9 Å². The number of carbonyl (C=O) groups excluding carboxylic acids is 2. The number of nitrogens with zero attached hydrogens (tertiary/aromatic N) is 2. The van der Waals surface area contributed by atoms with E-state index in [-0.39, 0.29) is 29.9 Å². The lowest BCUT2D eigenvalue weighted by Crippen LogP contribution is -2.53. The third-order valence-corrected chi connectivity index (χ3v) is 5.81. The Bertz CT molecular complexity index is 866. The fraction of sp³-hybridized carbons (Fsp3) is 0.478. The molecule has 2 saturated heterocycles. The normalized spacial score (nSPS) is 25.7. The molecule has 0 bridgehead atoms. The van der Waals surface area contributed by atoms with Crippen molar-refractivity contribution in [2.75, 3.05) is 26.2 Å². The van der Waals surface area contributed by atoms with Gasteiger partial charge in [-0.25, -0.2) is 0 Å². The molecule has 2 amide bonds. The fourth-order valence-corrected chi connectivity index (χ4v) is 4.56. The molecule has 0 N–H and O–H groups in total. The van der Waals surface area contributed by atoms with E-state index in [1.807, 2.05) is 66.1 Å². The lowest BCUT2D eigenvalue weighted by Gasteiger charge is -2.39. The van der Waals surface area contributed by atoms with Crippen LogP contribution in [0.5, 0.6) is 0 Å². The van der Waals surface area contributed by atoms with Gasteiger partial charge in [-0.2, -0.15) is 0 Å². The molecule has 2 aromatic rings. The van der Waals surface area contributed by atoms with Crippen LogP contribution in [0.4, 0.5) is 0 Å². The number of hydrogen-bond acceptors (Lipinski definition) is 3. The molecule has 0 saturated carbocycles. The standard InChI is InChI=1S/C23H28N2O3/c1-16-13-25(14-17(2)28-16)22(26)19-9-6-12-24(15-19)23(27)21-11-5-8-18-7-3-4-10-20(18)21/h3-5,7-8,10-11,16-17,19H,6,9,12-15H2,1-2H3. The highest BCUT2D eigenvalue weighted by molar-refractivity contribution is 6.07. The zero-order valence-electron chi connectivity index (χ0n) is 16.6. The van der Waals surface area contributed by atoms with Crippen LogP contribution >= 0.6 is 0 Å². The summed E-state index contributed by atoms with van der Waals surface area (Å²) in [5, 5.41) is 2.04. The van der Waals surface area contributed by atoms with Crippen molar-refractivity contribution < 1.29 is 14.3 Å². The number of piperidine rings is 1. The molecule has 2 heterocycles. The molecular formula is C23H28N2O3. The second-order valence-corrected chi connectivity index (χ2v) is 8.12. The summed E-state index contributed by atoms with van der Waals surface area (Å²) in [5.41, 5.74) is 0.722. The number of carbonyl (C=O) groups is 2. The van der Waals surface area contributed by atoms with Crippen LogP contribution in [-0.4, -0.2) is 60.0 Å². The summed E-state index contributed by atoms with van der Waals surface area (Å²) >= 11 is 0. The third kappa shape index (κ3) is 3.76. The van der Waals surface area contributed by atoms with E-state index in [0.29, 0.717) is 26.2 Å². The fourth-order valence-electron chi connectivity index (χ4n) is 4.56. The topological polar surface area (TPSA) is 49.9 Å². The highest BCUT2D eigenvalue weighted by Crippen LogP contribution is 2.25. The van der Waals surface area contributed by atoms with Crippen molar-refractivity contribution in [3.05, 3.63) is 48.0 Å². The van der Waals surface area contributed by atoms with Gasteiger partial charge in [-0.05, 0) is 43.5 Å². The van der Waals surface area contributed by atoms with Gasteiger partial charge >= 0.3 is 0 Å².